The van der Waals surface area contributed by atoms with Crippen LogP contribution in [0.15, 0.2) is 0 Å². The summed E-state index contributed by atoms with van der Waals surface area (Å²) in [5.41, 5.74) is 0. The first-order valence-corrected chi connectivity index (χ1v) is 6.75. The Hall–Kier alpha value is -0.570. The van der Waals surface area contributed by atoms with E-state index in [-0.39, 0.29) is 5.91 Å². The average Bonchev–Trinajstić information content (AvgIpc) is 2.14. The molecule has 16 heavy (non-hydrogen) atoms. The number of amides is 1. The van der Waals surface area contributed by atoms with Crippen LogP contribution in [0.4, 0.5) is 0 Å². The average molecular weight is 226 g/mol. The molecule has 3 heteroatoms. The second-order valence-electron chi connectivity index (χ2n) is 4.92. The van der Waals surface area contributed by atoms with Gasteiger partial charge in [-0.3, -0.25) is 4.79 Å². The molecule has 94 valence electrons. The number of hydrogen-bond acceptors (Lipinski definition) is 2. The third-order valence-electron chi connectivity index (χ3n) is 3.34. The van der Waals surface area contributed by atoms with Gasteiger partial charge in [-0.15, -0.1) is 0 Å². The second-order valence-corrected chi connectivity index (χ2v) is 4.92. The van der Waals surface area contributed by atoms with Gasteiger partial charge >= 0.3 is 0 Å². The summed E-state index contributed by atoms with van der Waals surface area (Å²) in [7, 11) is 0. The lowest BCUT2D eigenvalue weighted by atomic mass is 9.85. The summed E-state index contributed by atoms with van der Waals surface area (Å²) < 4.78 is 0. The molecule has 1 fully saturated rings. The van der Waals surface area contributed by atoms with Gasteiger partial charge < -0.3 is 10.6 Å². The van der Waals surface area contributed by atoms with Crippen molar-refractivity contribution in [2.75, 3.05) is 13.1 Å². The molecule has 0 aliphatic heterocycles. The van der Waals surface area contributed by atoms with E-state index in [1.54, 1.807) is 0 Å². The molecule has 0 aromatic heterocycles. The molecule has 1 saturated carbocycles. The summed E-state index contributed by atoms with van der Waals surface area (Å²) in [4.78, 5) is 11.5. The van der Waals surface area contributed by atoms with E-state index in [0.717, 1.165) is 32.4 Å². The van der Waals surface area contributed by atoms with Crippen molar-refractivity contribution in [3.8, 4) is 0 Å². The van der Waals surface area contributed by atoms with Crippen LogP contribution in [0.2, 0.25) is 0 Å². The molecule has 0 aromatic rings. The maximum atomic E-state index is 11.5. The Morgan fingerprint density at radius 3 is 2.69 bits per heavy atom. The van der Waals surface area contributed by atoms with Crippen molar-refractivity contribution in [3.05, 3.63) is 0 Å². The molecule has 3 nitrogen and oxygen atoms in total. The molecule has 0 spiro atoms. The van der Waals surface area contributed by atoms with E-state index >= 15 is 0 Å². The largest absolute Gasteiger partial charge is 0.356 e. The Labute approximate surface area is 99.4 Å². The second kappa shape index (κ2) is 7.66. The normalized spacial score (nSPS) is 17.9. The number of carbonyl (C=O) groups is 1. The fourth-order valence-corrected chi connectivity index (χ4v) is 2.00. The van der Waals surface area contributed by atoms with E-state index in [1.165, 1.54) is 19.3 Å². The van der Waals surface area contributed by atoms with Gasteiger partial charge in [-0.05, 0) is 39.2 Å². The zero-order chi connectivity index (χ0) is 11.8. The molecule has 0 aromatic carbocycles. The molecule has 1 atom stereocenters. The van der Waals surface area contributed by atoms with E-state index in [9.17, 15) is 4.79 Å². The maximum Gasteiger partial charge on any atom is 0.223 e. The predicted molar refractivity (Wildman–Crippen MR) is 67.3 cm³/mol. The highest BCUT2D eigenvalue weighted by molar-refractivity contribution is 5.79. The maximum absolute atomic E-state index is 11.5. The van der Waals surface area contributed by atoms with Crippen molar-refractivity contribution in [2.45, 2.75) is 58.4 Å². The first-order valence-electron chi connectivity index (χ1n) is 6.75. The van der Waals surface area contributed by atoms with E-state index in [0.29, 0.717) is 12.0 Å². The Kier molecular flexibility index (Phi) is 6.46. The number of carbonyl (C=O) groups excluding carboxylic acids is 1. The van der Waals surface area contributed by atoms with E-state index in [4.69, 9.17) is 0 Å². The van der Waals surface area contributed by atoms with E-state index in [1.807, 2.05) is 0 Å². The summed E-state index contributed by atoms with van der Waals surface area (Å²) >= 11 is 0. The van der Waals surface area contributed by atoms with Crippen LogP contribution in [0.25, 0.3) is 0 Å². The van der Waals surface area contributed by atoms with Gasteiger partial charge in [0.05, 0.1) is 0 Å². The van der Waals surface area contributed by atoms with E-state index < -0.39 is 0 Å². The van der Waals surface area contributed by atoms with Crippen LogP contribution in [-0.2, 0) is 4.79 Å². The van der Waals surface area contributed by atoms with Crippen LogP contribution in [0.1, 0.15) is 52.4 Å². The highest BCUT2D eigenvalue weighted by Crippen LogP contribution is 2.25. The Morgan fingerprint density at radius 1 is 1.38 bits per heavy atom. The van der Waals surface area contributed by atoms with Crippen LogP contribution in [0, 0.1) is 5.92 Å². The van der Waals surface area contributed by atoms with Gasteiger partial charge in [0.25, 0.3) is 0 Å². The Balaban J connectivity index is 1.89. The highest BCUT2D eigenvalue weighted by atomic mass is 16.1. The molecule has 1 amide bonds. The Bertz CT molecular complexity index is 202. The number of rotatable bonds is 8. The minimum atomic E-state index is 0.271. The molecular formula is C13H26N2O. The lowest BCUT2D eigenvalue weighted by Crippen LogP contribution is -2.36. The molecule has 2 N–H and O–H groups in total. The highest BCUT2D eigenvalue weighted by Gasteiger charge is 2.24. The smallest absolute Gasteiger partial charge is 0.223 e. The molecular weight excluding hydrogens is 200 g/mol. The van der Waals surface area contributed by atoms with E-state index in [2.05, 4.69) is 24.5 Å². The minimum Gasteiger partial charge on any atom is -0.356 e. The van der Waals surface area contributed by atoms with Crippen molar-refractivity contribution in [1.29, 1.82) is 0 Å². The van der Waals surface area contributed by atoms with Crippen LogP contribution < -0.4 is 10.6 Å². The first-order chi connectivity index (χ1) is 7.74. The molecule has 0 bridgehead atoms. The molecule has 1 aliphatic carbocycles. The summed E-state index contributed by atoms with van der Waals surface area (Å²) in [5.74, 6) is 0.597. The zero-order valence-electron chi connectivity index (χ0n) is 10.7. The number of hydrogen-bond donors (Lipinski definition) is 2. The van der Waals surface area contributed by atoms with Crippen LogP contribution in [0.5, 0.6) is 0 Å². The van der Waals surface area contributed by atoms with Gasteiger partial charge in [-0.2, -0.15) is 0 Å². The van der Waals surface area contributed by atoms with Crippen LogP contribution in [0.3, 0.4) is 0 Å². The molecule has 1 rings (SSSR count). The fraction of sp³-hybridized carbons (Fsp3) is 0.923. The molecule has 0 radical (unpaired) electrons. The summed E-state index contributed by atoms with van der Waals surface area (Å²) in [5, 5.41) is 6.47. The van der Waals surface area contributed by atoms with Crippen molar-refractivity contribution in [2.24, 2.45) is 5.92 Å². The molecule has 1 unspecified atom stereocenters. The van der Waals surface area contributed by atoms with Gasteiger partial charge in [-0.1, -0.05) is 19.8 Å². The predicted octanol–water partition coefficient (Wildman–Crippen LogP) is 2.07. The monoisotopic (exact) mass is 226 g/mol. The lowest BCUT2D eigenvalue weighted by molar-refractivity contribution is -0.127. The third-order valence-corrected chi connectivity index (χ3v) is 3.34. The van der Waals surface area contributed by atoms with Gasteiger partial charge in [-0.25, -0.2) is 0 Å². The van der Waals surface area contributed by atoms with Gasteiger partial charge in [0, 0.05) is 18.5 Å². The van der Waals surface area contributed by atoms with Gasteiger partial charge in [0.15, 0.2) is 0 Å². The Morgan fingerprint density at radius 2 is 2.12 bits per heavy atom. The minimum absolute atomic E-state index is 0.271. The fourth-order valence-electron chi connectivity index (χ4n) is 2.00. The molecule has 1 aliphatic rings. The SMILES string of the molecule is CCCC(C)NCCCNC(=O)C1CCC1. The van der Waals surface area contributed by atoms with Gasteiger partial charge in [0.2, 0.25) is 5.91 Å². The van der Waals surface area contributed by atoms with Crippen LogP contribution in [-0.4, -0.2) is 25.0 Å². The quantitative estimate of drug-likeness (QED) is 0.622. The lowest BCUT2D eigenvalue weighted by Gasteiger charge is -2.24. The summed E-state index contributed by atoms with van der Waals surface area (Å²) in [6.45, 7) is 6.25. The third kappa shape index (κ3) is 4.97. The van der Waals surface area contributed by atoms with Crippen molar-refractivity contribution in [1.82, 2.24) is 10.6 Å². The number of nitrogens with one attached hydrogen (secondary N) is 2. The summed E-state index contributed by atoms with van der Waals surface area (Å²) in [6.07, 6.45) is 6.91. The molecule has 0 saturated heterocycles. The first kappa shape index (κ1) is 13.5. The topological polar surface area (TPSA) is 41.1 Å². The molecule has 0 heterocycles. The van der Waals surface area contributed by atoms with Crippen molar-refractivity contribution in [3.63, 3.8) is 0 Å². The summed E-state index contributed by atoms with van der Waals surface area (Å²) in [6, 6.07) is 0.604. The standard InChI is InChI=1S/C13H26N2O/c1-3-6-11(2)14-9-5-10-15-13(16)12-7-4-8-12/h11-12,14H,3-10H2,1-2H3,(H,15,16). The zero-order valence-corrected chi connectivity index (χ0v) is 10.7. The van der Waals surface area contributed by atoms with Gasteiger partial charge in [0.1, 0.15) is 0 Å². The van der Waals surface area contributed by atoms with Crippen molar-refractivity contribution < 1.29 is 4.79 Å². The van der Waals surface area contributed by atoms with Crippen LogP contribution >= 0.6 is 0 Å². The van der Waals surface area contributed by atoms with Crippen molar-refractivity contribution >= 4 is 5.91 Å².